The quantitative estimate of drug-likeness (QED) is 0.792. The zero-order chi connectivity index (χ0) is 14.0. The van der Waals surface area contributed by atoms with Gasteiger partial charge in [-0.25, -0.2) is 0 Å². The summed E-state index contributed by atoms with van der Waals surface area (Å²) in [6.07, 6.45) is 8.80. The standard InChI is InChI=1S/C17H24BrNS/c18-16-12-14(17(19)8-2-1-3-9-17)4-5-15(16)13-6-10-20-11-7-13/h4-5,12-13H,1-3,6-11,19H2. The van der Waals surface area contributed by atoms with Gasteiger partial charge in [0.2, 0.25) is 0 Å². The van der Waals surface area contributed by atoms with Gasteiger partial charge in [0.15, 0.2) is 0 Å². The maximum Gasteiger partial charge on any atom is 0.0410 e. The van der Waals surface area contributed by atoms with Crippen molar-refractivity contribution in [3.63, 3.8) is 0 Å². The van der Waals surface area contributed by atoms with Crippen molar-refractivity contribution in [3.05, 3.63) is 33.8 Å². The molecule has 0 radical (unpaired) electrons. The molecule has 20 heavy (non-hydrogen) atoms. The Morgan fingerprint density at radius 1 is 1.10 bits per heavy atom. The van der Waals surface area contributed by atoms with E-state index in [1.54, 1.807) is 0 Å². The first kappa shape index (κ1) is 14.9. The van der Waals surface area contributed by atoms with Crippen molar-refractivity contribution in [1.82, 2.24) is 0 Å². The lowest BCUT2D eigenvalue weighted by Crippen LogP contribution is -2.38. The summed E-state index contributed by atoms with van der Waals surface area (Å²) < 4.78 is 1.28. The molecular formula is C17H24BrNS. The van der Waals surface area contributed by atoms with Crippen molar-refractivity contribution >= 4 is 27.7 Å². The molecule has 1 aliphatic heterocycles. The van der Waals surface area contributed by atoms with E-state index in [1.807, 2.05) is 0 Å². The largest absolute Gasteiger partial charge is 0.321 e. The molecule has 0 bridgehead atoms. The Hall–Kier alpha value is 0.01000. The van der Waals surface area contributed by atoms with Crippen LogP contribution < -0.4 is 5.73 Å². The Morgan fingerprint density at radius 3 is 2.45 bits per heavy atom. The highest BCUT2D eigenvalue weighted by molar-refractivity contribution is 9.10. The topological polar surface area (TPSA) is 26.0 Å². The minimum absolute atomic E-state index is 0.0816. The molecule has 3 rings (SSSR count). The van der Waals surface area contributed by atoms with Gasteiger partial charge < -0.3 is 5.73 Å². The average Bonchev–Trinajstić information content (AvgIpc) is 2.49. The third kappa shape index (κ3) is 3.10. The van der Waals surface area contributed by atoms with Crippen LogP contribution in [0, 0.1) is 0 Å². The number of thioether (sulfide) groups is 1. The number of benzene rings is 1. The fraction of sp³-hybridized carbons (Fsp3) is 0.647. The lowest BCUT2D eigenvalue weighted by atomic mass is 9.77. The monoisotopic (exact) mass is 353 g/mol. The maximum atomic E-state index is 6.65. The van der Waals surface area contributed by atoms with E-state index in [9.17, 15) is 0 Å². The first-order valence-electron chi connectivity index (χ1n) is 7.86. The van der Waals surface area contributed by atoms with Gasteiger partial charge in [-0.3, -0.25) is 0 Å². The van der Waals surface area contributed by atoms with E-state index in [0.29, 0.717) is 0 Å². The van der Waals surface area contributed by atoms with Gasteiger partial charge >= 0.3 is 0 Å². The second-order valence-electron chi connectivity index (χ2n) is 6.34. The van der Waals surface area contributed by atoms with Crippen LogP contribution in [-0.4, -0.2) is 11.5 Å². The van der Waals surface area contributed by atoms with E-state index >= 15 is 0 Å². The highest BCUT2D eigenvalue weighted by Gasteiger charge is 2.30. The molecule has 1 aromatic rings. The molecule has 1 aliphatic carbocycles. The molecule has 110 valence electrons. The summed E-state index contributed by atoms with van der Waals surface area (Å²) in [5, 5.41) is 0. The van der Waals surface area contributed by atoms with Crippen LogP contribution in [0.3, 0.4) is 0 Å². The van der Waals surface area contributed by atoms with Crippen molar-refractivity contribution in [2.75, 3.05) is 11.5 Å². The SMILES string of the molecule is NC1(c2ccc(C3CCSCC3)c(Br)c2)CCCCC1. The zero-order valence-corrected chi connectivity index (χ0v) is 14.4. The molecule has 0 atom stereocenters. The fourth-order valence-electron chi connectivity index (χ4n) is 3.65. The van der Waals surface area contributed by atoms with Crippen LogP contribution in [0.15, 0.2) is 22.7 Å². The van der Waals surface area contributed by atoms with Crippen molar-refractivity contribution < 1.29 is 0 Å². The Labute approximate surface area is 135 Å². The van der Waals surface area contributed by atoms with E-state index in [0.717, 1.165) is 18.8 Å². The molecule has 3 heteroatoms. The number of nitrogens with two attached hydrogens (primary N) is 1. The highest BCUT2D eigenvalue weighted by atomic mass is 79.9. The van der Waals surface area contributed by atoms with Gasteiger partial charge in [0.05, 0.1) is 0 Å². The minimum Gasteiger partial charge on any atom is -0.321 e. The molecule has 1 nitrogen and oxygen atoms in total. The molecule has 2 N–H and O–H groups in total. The second-order valence-corrected chi connectivity index (χ2v) is 8.42. The predicted molar refractivity (Wildman–Crippen MR) is 92.4 cm³/mol. The summed E-state index contributed by atoms with van der Waals surface area (Å²) in [4.78, 5) is 0. The molecule has 2 aliphatic rings. The van der Waals surface area contributed by atoms with Crippen LogP contribution in [0.5, 0.6) is 0 Å². The van der Waals surface area contributed by atoms with Crippen molar-refractivity contribution in [1.29, 1.82) is 0 Å². The van der Waals surface area contributed by atoms with Gasteiger partial charge in [0.1, 0.15) is 0 Å². The summed E-state index contributed by atoms with van der Waals surface area (Å²) in [7, 11) is 0. The first-order valence-corrected chi connectivity index (χ1v) is 9.80. The number of hydrogen-bond acceptors (Lipinski definition) is 2. The van der Waals surface area contributed by atoms with Crippen LogP contribution in [0.1, 0.15) is 62.0 Å². The molecule has 1 saturated carbocycles. The van der Waals surface area contributed by atoms with Crippen LogP contribution in [-0.2, 0) is 5.54 Å². The first-order chi connectivity index (χ1) is 9.69. The third-order valence-corrected chi connectivity index (χ3v) is 6.72. The van der Waals surface area contributed by atoms with Gasteiger partial charge in [-0.15, -0.1) is 0 Å². The normalized spacial score (nSPS) is 23.7. The molecule has 0 aromatic heterocycles. The van der Waals surface area contributed by atoms with Crippen molar-refractivity contribution in [2.24, 2.45) is 5.73 Å². The van der Waals surface area contributed by atoms with Gasteiger partial charge in [0, 0.05) is 10.0 Å². The van der Waals surface area contributed by atoms with Crippen LogP contribution in [0.2, 0.25) is 0 Å². The summed E-state index contributed by atoms with van der Waals surface area (Å²) in [5.74, 6) is 3.35. The van der Waals surface area contributed by atoms with E-state index < -0.39 is 0 Å². The molecule has 1 heterocycles. The molecule has 2 fully saturated rings. The van der Waals surface area contributed by atoms with Gasteiger partial charge in [-0.2, -0.15) is 11.8 Å². The predicted octanol–water partition coefficient (Wildman–Crippen LogP) is 5.18. The summed E-state index contributed by atoms with van der Waals surface area (Å²) >= 11 is 5.90. The van der Waals surface area contributed by atoms with Crippen LogP contribution in [0.4, 0.5) is 0 Å². The Balaban J connectivity index is 1.83. The lowest BCUT2D eigenvalue weighted by Gasteiger charge is -2.34. The summed E-state index contributed by atoms with van der Waals surface area (Å²) in [6, 6.07) is 6.94. The number of hydrogen-bond donors (Lipinski definition) is 1. The van der Waals surface area contributed by atoms with Crippen LogP contribution >= 0.6 is 27.7 Å². The molecule has 1 saturated heterocycles. The molecule has 1 aromatic carbocycles. The van der Waals surface area contributed by atoms with Crippen molar-refractivity contribution in [2.45, 2.75) is 56.4 Å². The third-order valence-electron chi connectivity index (χ3n) is 4.98. The lowest BCUT2D eigenvalue weighted by molar-refractivity contribution is 0.302. The van der Waals surface area contributed by atoms with Crippen molar-refractivity contribution in [3.8, 4) is 0 Å². The Morgan fingerprint density at radius 2 is 1.80 bits per heavy atom. The molecular weight excluding hydrogens is 330 g/mol. The van der Waals surface area contributed by atoms with E-state index in [2.05, 4.69) is 45.9 Å². The summed E-state index contributed by atoms with van der Waals surface area (Å²) in [6.45, 7) is 0. The fourth-order valence-corrected chi connectivity index (χ4v) is 5.46. The molecule has 0 amide bonds. The summed E-state index contributed by atoms with van der Waals surface area (Å²) in [5.41, 5.74) is 9.40. The molecule has 0 spiro atoms. The van der Waals surface area contributed by atoms with Gasteiger partial charge in [-0.05, 0) is 60.3 Å². The number of halogens is 1. The van der Waals surface area contributed by atoms with Gasteiger partial charge in [-0.1, -0.05) is 47.3 Å². The maximum absolute atomic E-state index is 6.65. The molecule has 0 unspecified atom stereocenters. The Kier molecular flexibility index (Phi) is 4.79. The zero-order valence-electron chi connectivity index (χ0n) is 12.0. The van der Waals surface area contributed by atoms with Crippen LogP contribution in [0.25, 0.3) is 0 Å². The van der Waals surface area contributed by atoms with E-state index in [4.69, 9.17) is 5.73 Å². The van der Waals surface area contributed by atoms with E-state index in [-0.39, 0.29) is 5.54 Å². The smallest absolute Gasteiger partial charge is 0.0410 e. The van der Waals surface area contributed by atoms with E-state index in [1.165, 1.54) is 59.2 Å². The minimum atomic E-state index is -0.0816. The second kappa shape index (κ2) is 6.41. The number of rotatable bonds is 2. The highest BCUT2D eigenvalue weighted by Crippen LogP contribution is 2.40. The van der Waals surface area contributed by atoms with Gasteiger partial charge in [0.25, 0.3) is 0 Å². The average molecular weight is 354 g/mol. The Bertz CT molecular complexity index is 462.